The van der Waals surface area contributed by atoms with Gasteiger partial charge in [-0.3, -0.25) is 0 Å². The smallest absolute Gasteiger partial charge is 0.407 e. The molecule has 140 valence electrons. The van der Waals surface area contributed by atoms with Gasteiger partial charge in [0.25, 0.3) is 0 Å². The Morgan fingerprint density at radius 1 is 1.12 bits per heavy atom. The Balaban J connectivity index is 1.73. The van der Waals surface area contributed by atoms with Gasteiger partial charge in [-0.15, -0.1) is 6.42 Å². The number of rotatable bonds is 3. The van der Waals surface area contributed by atoms with Gasteiger partial charge in [0, 0.05) is 23.3 Å². The minimum atomic E-state index is -0.502. The van der Waals surface area contributed by atoms with Crippen LogP contribution in [0.25, 0.3) is 0 Å². The van der Waals surface area contributed by atoms with Gasteiger partial charge in [0.15, 0.2) is 0 Å². The van der Waals surface area contributed by atoms with Gasteiger partial charge in [0.1, 0.15) is 5.60 Å². The molecule has 0 bridgehead atoms. The van der Waals surface area contributed by atoms with Crippen molar-refractivity contribution >= 4 is 17.8 Å². The molecule has 0 aliphatic heterocycles. The Hall–Kier alpha value is -2.68. The lowest BCUT2D eigenvalue weighted by Crippen LogP contribution is -2.45. The van der Waals surface area contributed by atoms with Crippen LogP contribution < -0.4 is 16.0 Å². The number of anilines is 1. The monoisotopic (exact) mass is 357 g/mol. The van der Waals surface area contributed by atoms with E-state index in [1.165, 1.54) is 0 Å². The van der Waals surface area contributed by atoms with Crippen molar-refractivity contribution in [1.82, 2.24) is 10.6 Å². The van der Waals surface area contributed by atoms with Crippen LogP contribution in [0.5, 0.6) is 0 Å². The lowest BCUT2D eigenvalue weighted by molar-refractivity contribution is 0.0490. The molecule has 6 heteroatoms. The second-order valence-electron chi connectivity index (χ2n) is 7.52. The summed E-state index contributed by atoms with van der Waals surface area (Å²) in [6, 6.07) is 7.08. The van der Waals surface area contributed by atoms with E-state index >= 15 is 0 Å². The third kappa shape index (κ3) is 6.67. The normalized spacial score (nSPS) is 19.8. The number of carbonyl (C=O) groups is 2. The highest BCUT2D eigenvalue weighted by molar-refractivity contribution is 5.89. The van der Waals surface area contributed by atoms with Crippen LogP contribution in [0, 0.1) is 12.3 Å². The van der Waals surface area contributed by atoms with Crippen LogP contribution >= 0.6 is 0 Å². The summed E-state index contributed by atoms with van der Waals surface area (Å²) in [5.74, 6) is 2.54. The molecule has 0 atom stereocenters. The van der Waals surface area contributed by atoms with Crippen molar-refractivity contribution in [3.8, 4) is 12.3 Å². The van der Waals surface area contributed by atoms with E-state index in [9.17, 15) is 9.59 Å². The topological polar surface area (TPSA) is 79.5 Å². The predicted octanol–water partition coefficient (Wildman–Crippen LogP) is 3.63. The zero-order chi connectivity index (χ0) is 19.2. The fraction of sp³-hybridized carbons (Fsp3) is 0.500. The maximum Gasteiger partial charge on any atom is 0.407 e. The molecule has 3 N–H and O–H groups in total. The summed E-state index contributed by atoms with van der Waals surface area (Å²) in [6.45, 7) is 5.52. The van der Waals surface area contributed by atoms with Crippen molar-refractivity contribution in [2.75, 3.05) is 5.32 Å². The highest BCUT2D eigenvalue weighted by Gasteiger charge is 2.25. The summed E-state index contributed by atoms with van der Waals surface area (Å²) >= 11 is 0. The van der Waals surface area contributed by atoms with E-state index in [-0.39, 0.29) is 24.2 Å². The van der Waals surface area contributed by atoms with Crippen molar-refractivity contribution in [1.29, 1.82) is 0 Å². The fourth-order valence-corrected chi connectivity index (χ4v) is 2.90. The number of hydrogen-bond acceptors (Lipinski definition) is 3. The molecule has 0 radical (unpaired) electrons. The Labute approximate surface area is 155 Å². The Kier molecular flexibility index (Phi) is 6.51. The predicted molar refractivity (Wildman–Crippen MR) is 102 cm³/mol. The number of carbonyl (C=O) groups excluding carboxylic acids is 2. The van der Waals surface area contributed by atoms with Crippen molar-refractivity contribution in [3.05, 3.63) is 29.8 Å². The first kappa shape index (κ1) is 19.6. The zero-order valence-corrected chi connectivity index (χ0v) is 15.6. The van der Waals surface area contributed by atoms with Gasteiger partial charge in [-0.25, -0.2) is 9.59 Å². The Morgan fingerprint density at radius 2 is 1.73 bits per heavy atom. The molecule has 3 amide bonds. The molecule has 6 nitrogen and oxygen atoms in total. The van der Waals surface area contributed by atoms with Crippen LogP contribution in [0.1, 0.15) is 52.0 Å². The first-order chi connectivity index (χ1) is 12.2. The van der Waals surface area contributed by atoms with E-state index in [1.54, 1.807) is 18.2 Å². The number of urea groups is 1. The van der Waals surface area contributed by atoms with Crippen molar-refractivity contribution in [3.63, 3.8) is 0 Å². The van der Waals surface area contributed by atoms with Gasteiger partial charge in [-0.1, -0.05) is 12.0 Å². The zero-order valence-electron chi connectivity index (χ0n) is 15.6. The summed E-state index contributed by atoms with van der Waals surface area (Å²) in [5.41, 5.74) is 0.882. The molecule has 0 unspecified atom stereocenters. The van der Waals surface area contributed by atoms with E-state index in [2.05, 4.69) is 21.9 Å². The lowest BCUT2D eigenvalue weighted by Gasteiger charge is -2.30. The van der Waals surface area contributed by atoms with E-state index < -0.39 is 5.60 Å². The van der Waals surface area contributed by atoms with Crippen LogP contribution in [0.3, 0.4) is 0 Å². The number of nitrogens with one attached hydrogen (secondary N) is 3. The molecule has 1 fully saturated rings. The SMILES string of the molecule is C#Cc1cccc(NC(=O)NC2CCC(NC(=O)OC(C)(C)C)CC2)c1. The molecule has 1 aromatic rings. The van der Waals surface area contributed by atoms with Gasteiger partial charge >= 0.3 is 12.1 Å². The van der Waals surface area contributed by atoms with Gasteiger partial charge in [-0.2, -0.15) is 0 Å². The summed E-state index contributed by atoms with van der Waals surface area (Å²) in [5, 5.41) is 8.66. The first-order valence-electron chi connectivity index (χ1n) is 8.89. The molecule has 0 spiro atoms. The average molecular weight is 357 g/mol. The molecule has 0 aromatic heterocycles. The molecular formula is C20H27N3O3. The number of ether oxygens (including phenoxy) is 1. The summed E-state index contributed by atoms with van der Waals surface area (Å²) in [4.78, 5) is 23.9. The number of hydrogen-bond donors (Lipinski definition) is 3. The van der Waals surface area contributed by atoms with Crippen LogP contribution in [-0.2, 0) is 4.74 Å². The van der Waals surface area contributed by atoms with Gasteiger partial charge < -0.3 is 20.7 Å². The van der Waals surface area contributed by atoms with E-state index in [0.29, 0.717) is 5.69 Å². The number of benzene rings is 1. The van der Waals surface area contributed by atoms with E-state index in [0.717, 1.165) is 31.2 Å². The fourth-order valence-electron chi connectivity index (χ4n) is 2.90. The highest BCUT2D eigenvalue weighted by Crippen LogP contribution is 2.20. The third-order valence-electron chi connectivity index (χ3n) is 4.07. The second-order valence-corrected chi connectivity index (χ2v) is 7.52. The van der Waals surface area contributed by atoms with Crippen LogP contribution in [-0.4, -0.2) is 29.8 Å². The van der Waals surface area contributed by atoms with Gasteiger partial charge in [0.2, 0.25) is 0 Å². The maximum absolute atomic E-state index is 12.1. The number of alkyl carbamates (subject to hydrolysis) is 1. The minimum absolute atomic E-state index is 0.0817. The maximum atomic E-state index is 12.1. The summed E-state index contributed by atoms with van der Waals surface area (Å²) in [7, 11) is 0. The van der Waals surface area contributed by atoms with Crippen LogP contribution in [0.4, 0.5) is 15.3 Å². The van der Waals surface area contributed by atoms with Crippen LogP contribution in [0.15, 0.2) is 24.3 Å². The molecule has 0 heterocycles. The molecular weight excluding hydrogens is 330 g/mol. The molecule has 2 rings (SSSR count). The second kappa shape index (κ2) is 8.61. The quantitative estimate of drug-likeness (QED) is 0.723. The largest absolute Gasteiger partial charge is 0.444 e. The molecule has 1 aromatic carbocycles. The highest BCUT2D eigenvalue weighted by atomic mass is 16.6. The third-order valence-corrected chi connectivity index (χ3v) is 4.07. The first-order valence-corrected chi connectivity index (χ1v) is 8.89. The Morgan fingerprint density at radius 3 is 2.31 bits per heavy atom. The summed E-state index contributed by atoms with van der Waals surface area (Å²) < 4.78 is 5.27. The lowest BCUT2D eigenvalue weighted by atomic mass is 9.91. The minimum Gasteiger partial charge on any atom is -0.444 e. The number of terminal acetylenes is 1. The van der Waals surface area contributed by atoms with Gasteiger partial charge in [-0.05, 0) is 64.7 Å². The van der Waals surface area contributed by atoms with E-state index in [4.69, 9.17) is 11.2 Å². The number of amides is 3. The molecule has 1 aliphatic carbocycles. The molecule has 1 saturated carbocycles. The Bertz CT molecular complexity index is 680. The summed E-state index contributed by atoms with van der Waals surface area (Å²) in [6.07, 6.45) is 8.19. The van der Waals surface area contributed by atoms with Crippen molar-refractivity contribution in [2.24, 2.45) is 0 Å². The molecule has 26 heavy (non-hydrogen) atoms. The van der Waals surface area contributed by atoms with Gasteiger partial charge in [0.05, 0.1) is 0 Å². The molecule has 0 saturated heterocycles. The van der Waals surface area contributed by atoms with Crippen molar-refractivity contribution in [2.45, 2.75) is 64.1 Å². The average Bonchev–Trinajstić information content (AvgIpc) is 2.55. The van der Waals surface area contributed by atoms with Crippen LogP contribution in [0.2, 0.25) is 0 Å². The standard InChI is InChI=1S/C20H27N3O3/c1-5-14-7-6-8-17(13-14)22-18(24)21-15-9-11-16(12-10-15)23-19(25)26-20(2,3)4/h1,6-8,13,15-16H,9-12H2,2-4H3,(H,23,25)(H2,21,22,24). The van der Waals surface area contributed by atoms with E-state index in [1.807, 2.05) is 26.8 Å². The molecule has 1 aliphatic rings. The van der Waals surface area contributed by atoms with Crippen molar-refractivity contribution < 1.29 is 14.3 Å².